The molecule has 2 aromatic rings. The third kappa shape index (κ3) is 3.15. The Hall–Kier alpha value is -1.95. The predicted molar refractivity (Wildman–Crippen MR) is 89.8 cm³/mol. The Morgan fingerprint density at radius 2 is 2.00 bits per heavy atom. The lowest BCUT2D eigenvalue weighted by molar-refractivity contribution is -0.119. The predicted octanol–water partition coefficient (Wildman–Crippen LogP) is 3.21. The fraction of sp³-hybridized carbons (Fsp3) is 0.500. The maximum absolute atomic E-state index is 14.5. The molecular weight excluding hydrogens is 312 g/mol. The molecule has 0 saturated carbocycles. The topological polar surface area (TPSA) is 37.3 Å². The Labute approximate surface area is 140 Å². The van der Waals surface area contributed by atoms with E-state index in [4.69, 9.17) is 0 Å². The van der Waals surface area contributed by atoms with Crippen LogP contribution in [0.4, 0.5) is 8.78 Å². The third-order valence-electron chi connectivity index (χ3n) is 4.86. The van der Waals surface area contributed by atoms with Gasteiger partial charge in [-0.2, -0.15) is 4.39 Å². The molecule has 1 aliphatic heterocycles. The number of hydrogen-bond acceptors (Lipinski definition) is 2. The van der Waals surface area contributed by atoms with E-state index < -0.39 is 11.8 Å². The van der Waals surface area contributed by atoms with Gasteiger partial charge in [0.2, 0.25) is 11.9 Å². The van der Waals surface area contributed by atoms with Crippen LogP contribution in [0.25, 0.3) is 10.9 Å². The minimum Gasteiger partial charge on any atom is -0.352 e. The highest BCUT2D eigenvalue weighted by molar-refractivity contribution is 5.82. The van der Waals surface area contributed by atoms with Gasteiger partial charge in [0.15, 0.2) is 5.82 Å². The van der Waals surface area contributed by atoms with Crippen molar-refractivity contribution in [3.8, 4) is 0 Å². The van der Waals surface area contributed by atoms with Crippen LogP contribution < -0.4 is 5.32 Å². The number of rotatable bonds is 4. The molecule has 0 unspecified atom stereocenters. The molecule has 1 aromatic heterocycles. The number of amides is 1. The summed E-state index contributed by atoms with van der Waals surface area (Å²) in [7, 11) is 0. The number of nitrogens with zero attached hydrogens (tertiary/aromatic N) is 2. The van der Waals surface area contributed by atoms with E-state index in [1.54, 1.807) is 18.2 Å². The van der Waals surface area contributed by atoms with Crippen molar-refractivity contribution in [2.45, 2.75) is 39.3 Å². The van der Waals surface area contributed by atoms with Gasteiger partial charge in [-0.3, -0.25) is 4.79 Å². The van der Waals surface area contributed by atoms with Gasteiger partial charge >= 0.3 is 0 Å². The molecule has 6 heteroatoms. The Morgan fingerprint density at radius 3 is 2.62 bits per heavy atom. The second-order valence-corrected chi connectivity index (χ2v) is 6.40. The average Bonchev–Trinajstić information content (AvgIpc) is 2.84. The first kappa shape index (κ1) is 16.9. The fourth-order valence-corrected chi connectivity index (χ4v) is 3.47. The maximum atomic E-state index is 14.5. The van der Waals surface area contributed by atoms with E-state index in [2.05, 4.69) is 17.1 Å². The van der Waals surface area contributed by atoms with Crippen molar-refractivity contribution in [2.75, 3.05) is 19.6 Å². The van der Waals surface area contributed by atoms with E-state index in [-0.39, 0.29) is 11.9 Å². The van der Waals surface area contributed by atoms with Crippen molar-refractivity contribution >= 4 is 16.8 Å². The Kier molecular flexibility index (Phi) is 4.85. The van der Waals surface area contributed by atoms with Gasteiger partial charge in [-0.1, -0.05) is 13.0 Å². The van der Waals surface area contributed by atoms with Crippen molar-refractivity contribution in [3.05, 3.63) is 35.5 Å². The van der Waals surface area contributed by atoms with Crippen molar-refractivity contribution in [1.29, 1.82) is 0 Å². The van der Waals surface area contributed by atoms with Gasteiger partial charge in [-0.15, -0.1) is 0 Å². The normalized spacial score (nSPS) is 16.7. The zero-order chi connectivity index (χ0) is 17.3. The summed E-state index contributed by atoms with van der Waals surface area (Å²) in [6.07, 6.45) is 1.62. The zero-order valence-electron chi connectivity index (χ0n) is 14.1. The number of nitrogens with one attached hydrogen (secondary N) is 1. The first-order valence-electron chi connectivity index (χ1n) is 8.45. The van der Waals surface area contributed by atoms with Gasteiger partial charge in [-0.25, -0.2) is 4.39 Å². The molecule has 2 heterocycles. The molecule has 0 spiro atoms. The van der Waals surface area contributed by atoms with Gasteiger partial charge in [0.05, 0.1) is 5.52 Å². The van der Waals surface area contributed by atoms with E-state index in [1.165, 1.54) is 11.5 Å². The van der Waals surface area contributed by atoms with Gasteiger partial charge in [0, 0.05) is 38.0 Å². The van der Waals surface area contributed by atoms with Gasteiger partial charge in [0.25, 0.3) is 0 Å². The van der Waals surface area contributed by atoms with E-state index in [1.807, 2.05) is 0 Å². The number of aromatic nitrogens is 1. The SMILES string of the molecule is CCN1CCC(n2c(F)c(F)c3ccc(CNC(C)=O)cc32)CC1. The molecule has 1 aliphatic rings. The van der Waals surface area contributed by atoms with E-state index in [0.29, 0.717) is 17.4 Å². The lowest BCUT2D eigenvalue weighted by Crippen LogP contribution is -2.34. The minimum atomic E-state index is -0.783. The lowest BCUT2D eigenvalue weighted by Gasteiger charge is -2.32. The fourth-order valence-electron chi connectivity index (χ4n) is 3.47. The van der Waals surface area contributed by atoms with Gasteiger partial charge < -0.3 is 14.8 Å². The van der Waals surface area contributed by atoms with Crippen LogP contribution in [0.3, 0.4) is 0 Å². The van der Waals surface area contributed by atoms with Crippen molar-refractivity contribution in [1.82, 2.24) is 14.8 Å². The first-order valence-corrected chi connectivity index (χ1v) is 8.45. The Bertz CT molecular complexity index is 748. The molecule has 130 valence electrons. The average molecular weight is 335 g/mol. The summed E-state index contributed by atoms with van der Waals surface area (Å²) >= 11 is 0. The van der Waals surface area contributed by atoms with E-state index in [0.717, 1.165) is 38.0 Å². The highest BCUT2D eigenvalue weighted by atomic mass is 19.2. The van der Waals surface area contributed by atoms with Crippen LogP contribution in [-0.4, -0.2) is 35.0 Å². The Balaban J connectivity index is 1.95. The quantitative estimate of drug-likeness (QED) is 0.931. The molecule has 0 atom stereocenters. The number of hydrogen-bond donors (Lipinski definition) is 1. The van der Waals surface area contributed by atoms with Crippen molar-refractivity contribution in [2.24, 2.45) is 0 Å². The number of halogens is 2. The van der Waals surface area contributed by atoms with E-state index >= 15 is 0 Å². The molecule has 1 fully saturated rings. The van der Waals surface area contributed by atoms with Crippen LogP contribution in [0.1, 0.15) is 38.3 Å². The molecular formula is C18H23F2N3O. The van der Waals surface area contributed by atoms with E-state index in [9.17, 15) is 13.6 Å². The van der Waals surface area contributed by atoms with Crippen LogP contribution in [0, 0.1) is 11.8 Å². The monoisotopic (exact) mass is 335 g/mol. The number of likely N-dealkylation sites (tertiary alicyclic amines) is 1. The molecule has 0 bridgehead atoms. The second-order valence-electron chi connectivity index (χ2n) is 6.40. The molecule has 4 nitrogen and oxygen atoms in total. The molecule has 24 heavy (non-hydrogen) atoms. The second kappa shape index (κ2) is 6.89. The highest BCUT2D eigenvalue weighted by Gasteiger charge is 2.26. The molecule has 0 radical (unpaired) electrons. The number of carbonyl (C=O) groups excluding carboxylic acids is 1. The summed E-state index contributed by atoms with van der Waals surface area (Å²) in [5.41, 5.74) is 1.41. The summed E-state index contributed by atoms with van der Waals surface area (Å²) < 4.78 is 30.3. The molecule has 1 aromatic carbocycles. The molecule has 1 N–H and O–H groups in total. The summed E-state index contributed by atoms with van der Waals surface area (Å²) in [4.78, 5) is 13.4. The summed E-state index contributed by atoms with van der Waals surface area (Å²) in [5.74, 6) is -1.69. The molecule has 1 saturated heterocycles. The highest BCUT2D eigenvalue weighted by Crippen LogP contribution is 2.32. The largest absolute Gasteiger partial charge is 0.352 e. The minimum absolute atomic E-state index is 0.0317. The summed E-state index contributed by atoms with van der Waals surface area (Å²) in [6.45, 7) is 6.69. The maximum Gasteiger partial charge on any atom is 0.231 e. The van der Waals surface area contributed by atoms with Crippen LogP contribution in [0.2, 0.25) is 0 Å². The smallest absolute Gasteiger partial charge is 0.231 e. The Morgan fingerprint density at radius 1 is 1.29 bits per heavy atom. The van der Waals surface area contributed by atoms with Crippen LogP contribution in [-0.2, 0) is 11.3 Å². The number of carbonyl (C=O) groups is 1. The lowest BCUT2D eigenvalue weighted by atomic mass is 10.0. The standard InChI is InChI=1S/C18H23F2N3O/c1-3-22-8-6-14(7-9-22)23-16-10-13(11-21-12(2)24)4-5-15(16)17(19)18(23)20/h4-5,10,14H,3,6-9,11H2,1-2H3,(H,21,24). The third-order valence-corrected chi connectivity index (χ3v) is 4.86. The molecule has 1 amide bonds. The van der Waals surface area contributed by atoms with Gasteiger partial charge in [0.1, 0.15) is 0 Å². The zero-order valence-corrected chi connectivity index (χ0v) is 14.1. The van der Waals surface area contributed by atoms with Crippen molar-refractivity contribution in [3.63, 3.8) is 0 Å². The molecule has 3 rings (SSSR count). The summed E-state index contributed by atoms with van der Waals surface area (Å²) in [6, 6.07) is 5.08. The van der Waals surface area contributed by atoms with Crippen LogP contribution in [0.15, 0.2) is 18.2 Å². The number of piperidine rings is 1. The molecule has 0 aliphatic carbocycles. The number of benzene rings is 1. The van der Waals surface area contributed by atoms with Crippen LogP contribution in [0.5, 0.6) is 0 Å². The number of fused-ring (bicyclic) bond motifs is 1. The van der Waals surface area contributed by atoms with Crippen molar-refractivity contribution < 1.29 is 13.6 Å². The first-order chi connectivity index (χ1) is 11.5. The summed E-state index contributed by atoms with van der Waals surface area (Å²) in [5, 5.41) is 3.02. The van der Waals surface area contributed by atoms with Gasteiger partial charge in [-0.05, 0) is 37.1 Å². The van der Waals surface area contributed by atoms with Crippen LogP contribution >= 0.6 is 0 Å².